The second-order valence-electron chi connectivity index (χ2n) is 11.0. The van der Waals surface area contributed by atoms with E-state index in [9.17, 15) is 9.59 Å². The summed E-state index contributed by atoms with van der Waals surface area (Å²) in [6.07, 6.45) is 12.7. The first-order valence-electron chi connectivity index (χ1n) is 13.9. The summed E-state index contributed by atoms with van der Waals surface area (Å²) in [6, 6.07) is 13.5. The fourth-order valence-corrected chi connectivity index (χ4v) is 12.8. The average molecular weight is 615 g/mol. The molecule has 6 heterocycles. The fraction of sp³-hybridized carbons (Fsp3) is 0.343. The number of pyridine rings is 3. The van der Waals surface area contributed by atoms with Crippen molar-refractivity contribution in [2.24, 2.45) is 0 Å². The van der Waals surface area contributed by atoms with Gasteiger partial charge < -0.3 is 14.2 Å². The van der Waals surface area contributed by atoms with E-state index in [-0.39, 0.29) is 22.3 Å². The number of carbonyl (C=O) groups is 2. The lowest BCUT2D eigenvalue weighted by molar-refractivity contribution is 0.111. The van der Waals surface area contributed by atoms with E-state index in [1.54, 1.807) is 18.6 Å². The predicted molar refractivity (Wildman–Crippen MR) is 189 cm³/mol. The molecule has 6 rings (SSSR count). The maximum Gasteiger partial charge on any atom is 0.171 e. The Hall–Kier alpha value is -4.37. The molecule has 6 aromatic rings. The van der Waals surface area contributed by atoms with Gasteiger partial charge in [-0.1, -0.05) is 63.8 Å². The summed E-state index contributed by atoms with van der Waals surface area (Å²) in [5.74, 6) is 0. The third kappa shape index (κ3) is 7.22. The number of H-pyrrole nitrogens is 2. The normalized spacial score (nSPS) is 10.8. The lowest BCUT2D eigenvalue weighted by Crippen LogP contribution is -2.51. The van der Waals surface area contributed by atoms with E-state index in [0.717, 1.165) is 51.2 Å². The number of hydrogen-bond acceptors (Lipinski definition) is 5. The molecule has 0 bridgehead atoms. The van der Waals surface area contributed by atoms with Crippen molar-refractivity contribution < 1.29 is 9.59 Å². The van der Waals surface area contributed by atoms with Gasteiger partial charge in [-0.2, -0.15) is 0 Å². The lowest BCUT2D eigenvalue weighted by atomic mass is 10.2. The zero-order valence-corrected chi connectivity index (χ0v) is 25.5. The minimum atomic E-state index is -1.87. The number of aromatic nitrogens is 6. The van der Waals surface area contributed by atoms with Crippen LogP contribution in [0.5, 0.6) is 0 Å². The quantitative estimate of drug-likeness (QED) is 0.143. The summed E-state index contributed by atoms with van der Waals surface area (Å²) in [7, 11) is -1.87. The maximum atomic E-state index is 11.4. The molecular weight excluding hydrogens is 565 g/mol. The molecule has 236 valence electrons. The third-order valence-corrected chi connectivity index (χ3v) is 14.6. The van der Waals surface area contributed by atoms with Gasteiger partial charge >= 0.3 is 0 Å². The van der Waals surface area contributed by atoms with Crippen molar-refractivity contribution in [3.63, 3.8) is 0 Å². The molecule has 0 aliphatic carbocycles. The van der Waals surface area contributed by atoms with Gasteiger partial charge in [-0.25, -0.2) is 15.0 Å². The minimum Gasteiger partial charge on any atom is -0.358 e. The van der Waals surface area contributed by atoms with Crippen molar-refractivity contribution in [3.8, 4) is 0 Å². The minimum absolute atomic E-state index is 0. The summed E-state index contributed by atoms with van der Waals surface area (Å²) in [5, 5.41) is 3.02. The Morgan fingerprint density at radius 3 is 1.80 bits per heavy atom. The molecule has 0 radical (unpaired) electrons. The average Bonchev–Trinajstić information content (AvgIpc) is 3.71. The van der Waals surface area contributed by atoms with E-state index in [4.69, 9.17) is 0 Å². The molecule has 0 aliphatic rings. The van der Waals surface area contributed by atoms with Crippen molar-refractivity contribution >= 4 is 53.9 Å². The number of aldehydes is 2. The summed E-state index contributed by atoms with van der Waals surface area (Å²) in [6.45, 7) is 13.9. The summed E-state index contributed by atoms with van der Waals surface area (Å²) < 4.78 is 2.39. The van der Waals surface area contributed by atoms with E-state index in [2.05, 4.69) is 76.9 Å². The van der Waals surface area contributed by atoms with Gasteiger partial charge in [0.15, 0.2) is 20.8 Å². The SMILES string of the molecule is C.C.C.CC(C)[Si](C(C)C)(C(C)C)n1cc(C=O)c2cccnc21.O=Cc1c[nH]c2ncccc12.c1cnc2[nH]ccc2c1. The van der Waals surface area contributed by atoms with Gasteiger partial charge in [0.05, 0.1) is 0 Å². The first-order valence-corrected chi connectivity index (χ1v) is 16.1. The van der Waals surface area contributed by atoms with Gasteiger partial charge in [-0.3, -0.25) is 9.59 Å². The van der Waals surface area contributed by atoms with Crippen LogP contribution < -0.4 is 0 Å². The topological polar surface area (TPSA) is 109 Å². The van der Waals surface area contributed by atoms with Crippen molar-refractivity contribution in [1.82, 2.24) is 29.2 Å². The van der Waals surface area contributed by atoms with Crippen LogP contribution in [0, 0.1) is 0 Å². The molecule has 8 nitrogen and oxygen atoms in total. The Balaban J connectivity index is 0.000000353. The molecule has 0 atom stereocenters. The van der Waals surface area contributed by atoms with Gasteiger partial charge in [0, 0.05) is 64.5 Å². The number of nitrogens with zero attached hydrogens (tertiary/aromatic N) is 4. The Morgan fingerprint density at radius 1 is 0.682 bits per heavy atom. The largest absolute Gasteiger partial charge is 0.358 e. The van der Waals surface area contributed by atoms with Crippen LogP contribution >= 0.6 is 0 Å². The van der Waals surface area contributed by atoms with Gasteiger partial charge in [-0.05, 0) is 59.1 Å². The predicted octanol–water partition coefficient (Wildman–Crippen LogP) is 9.72. The molecular formula is C35H50N6O2Si. The van der Waals surface area contributed by atoms with E-state index in [1.807, 2.05) is 54.9 Å². The molecule has 44 heavy (non-hydrogen) atoms. The number of fused-ring (bicyclic) bond motifs is 3. The first-order chi connectivity index (χ1) is 19.7. The third-order valence-electron chi connectivity index (χ3n) is 7.84. The molecule has 0 saturated carbocycles. The van der Waals surface area contributed by atoms with E-state index in [0.29, 0.717) is 22.2 Å². The van der Waals surface area contributed by atoms with Gasteiger partial charge in [0.25, 0.3) is 0 Å². The number of nitrogens with one attached hydrogen (secondary N) is 2. The number of aromatic amines is 2. The first kappa shape index (κ1) is 37.7. The highest BCUT2D eigenvalue weighted by Gasteiger charge is 2.46. The molecule has 0 fully saturated rings. The molecule has 6 aromatic heterocycles. The van der Waals surface area contributed by atoms with Crippen LogP contribution in [0.3, 0.4) is 0 Å². The van der Waals surface area contributed by atoms with Crippen LogP contribution in [0.1, 0.15) is 84.5 Å². The highest BCUT2D eigenvalue weighted by atomic mass is 28.3. The Morgan fingerprint density at radius 2 is 1.23 bits per heavy atom. The van der Waals surface area contributed by atoms with Crippen LogP contribution in [0.25, 0.3) is 33.1 Å². The smallest absolute Gasteiger partial charge is 0.171 e. The Labute approximate surface area is 263 Å². The van der Waals surface area contributed by atoms with E-state index < -0.39 is 8.24 Å². The fourth-order valence-electron chi connectivity index (χ4n) is 6.27. The molecule has 0 spiro atoms. The monoisotopic (exact) mass is 614 g/mol. The lowest BCUT2D eigenvalue weighted by Gasteiger charge is -2.44. The summed E-state index contributed by atoms with van der Waals surface area (Å²) >= 11 is 0. The van der Waals surface area contributed by atoms with Crippen molar-refractivity contribution in [1.29, 1.82) is 0 Å². The number of rotatable bonds is 6. The van der Waals surface area contributed by atoms with Crippen LogP contribution in [0.15, 0.2) is 79.6 Å². The zero-order valence-electron chi connectivity index (χ0n) is 24.5. The Kier molecular flexibility index (Phi) is 14.1. The molecule has 0 aliphatic heterocycles. The zero-order chi connectivity index (χ0) is 29.6. The van der Waals surface area contributed by atoms with Gasteiger partial charge in [-0.15, -0.1) is 0 Å². The van der Waals surface area contributed by atoms with Gasteiger partial charge in [0.2, 0.25) is 0 Å². The standard InChI is InChI=1S/C17H26N2OSi.C8H6N2O.C7H6N2.3CH4/c1-12(2)21(13(3)4,14(5)6)19-10-15(11-20)16-8-7-9-18-17(16)19;11-5-6-4-10-8-7(6)2-1-3-9-8;1-2-6-3-5-9-7(6)8-4-1;;;/h7-14H,1-6H3;1-5H,(H,9,10);1-5H,(H,8,9);3*1H4. The molecule has 0 saturated heterocycles. The van der Waals surface area contributed by atoms with Crippen LogP contribution in [0.2, 0.25) is 16.6 Å². The highest BCUT2D eigenvalue weighted by Crippen LogP contribution is 2.44. The van der Waals surface area contributed by atoms with Crippen molar-refractivity contribution in [2.45, 2.75) is 80.4 Å². The summed E-state index contributed by atoms with van der Waals surface area (Å²) in [4.78, 5) is 40.5. The molecule has 0 aromatic carbocycles. The van der Waals surface area contributed by atoms with Crippen LogP contribution in [-0.4, -0.2) is 50.0 Å². The number of hydrogen-bond donors (Lipinski definition) is 2. The highest BCUT2D eigenvalue weighted by molar-refractivity contribution is 6.82. The Bertz CT molecular complexity index is 1700. The second kappa shape index (κ2) is 16.5. The van der Waals surface area contributed by atoms with Crippen LogP contribution in [0.4, 0.5) is 0 Å². The van der Waals surface area contributed by atoms with Crippen LogP contribution in [-0.2, 0) is 0 Å². The maximum absolute atomic E-state index is 11.4. The second-order valence-corrected chi connectivity index (χ2v) is 16.7. The number of carbonyl (C=O) groups excluding carboxylic acids is 2. The van der Waals surface area contributed by atoms with E-state index in [1.165, 1.54) is 0 Å². The van der Waals surface area contributed by atoms with Gasteiger partial charge in [0.1, 0.15) is 16.9 Å². The summed E-state index contributed by atoms with van der Waals surface area (Å²) in [5.41, 5.74) is 5.85. The molecule has 0 unspecified atom stereocenters. The van der Waals surface area contributed by atoms with Crippen molar-refractivity contribution in [3.05, 3.63) is 90.8 Å². The molecule has 0 amide bonds. The van der Waals surface area contributed by atoms with E-state index >= 15 is 0 Å². The molecule has 2 N–H and O–H groups in total. The molecule has 9 heteroatoms. The van der Waals surface area contributed by atoms with Crippen molar-refractivity contribution in [2.75, 3.05) is 0 Å².